The highest BCUT2D eigenvalue weighted by Gasteiger charge is 2.34. The molecule has 5 heteroatoms. The van der Waals surface area contributed by atoms with E-state index in [0.717, 1.165) is 19.3 Å². The van der Waals surface area contributed by atoms with Crippen LogP contribution in [-0.4, -0.2) is 35.2 Å². The molecule has 4 unspecified atom stereocenters. The Labute approximate surface area is 101 Å². The molecule has 2 fully saturated rings. The second-order valence-corrected chi connectivity index (χ2v) is 5.07. The molecule has 0 radical (unpaired) electrons. The summed E-state index contributed by atoms with van der Waals surface area (Å²) in [5.41, 5.74) is 0. The zero-order valence-electron chi connectivity index (χ0n) is 10.0. The lowest BCUT2D eigenvalue weighted by molar-refractivity contribution is -0.141. The van der Waals surface area contributed by atoms with Gasteiger partial charge in [-0.15, -0.1) is 0 Å². The zero-order chi connectivity index (χ0) is 12.4. The normalized spacial score (nSPS) is 37.0. The number of carboxylic acid groups (broad SMARTS) is 1. The number of hydrogen-bond acceptors (Lipinski definition) is 3. The minimum absolute atomic E-state index is 0.00288. The number of carbonyl (C=O) groups excluding carboxylic acids is 1. The standard InChI is InChI=1S/C12H19NO4/c1-7-2-5-10(17-7)11(14)13-9-4-3-8(6-9)12(15)16/h7-10H,2-6H2,1H3,(H,13,14)(H,15,16). The molecule has 1 aliphatic carbocycles. The molecular formula is C12H19NO4. The molecule has 1 saturated heterocycles. The number of ether oxygens (including phenoxy) is 1. The highest BCUT2D eigenvalue weighted by Crippen LogP contribution is 2.26. The van der Waals surface area contributed by atoms with Crippen LogP contribution in [0.15, 0.2) is 0 Å². The average Bonchev–Trinajstić information content (AvgIpc) is 2.86. The van der Waals surface area contributed by atoms with Crippen LogP contribution < -0.4 is 5.32 Å². The highest BCUT2D eigenvalue weighted by atomic mass is 16.5. The third-order valence-corrected chi connectivity index (χ3v) is 3.65. The van der Waals surface area contributed by atoms with Gasteiger partial charge in [-0.3, -0.25) is 9.59 Å². The largest absolute Gasteiger partial charge is 0.481 e. The maximum Gasteiger partial charge on any atom is 0.306 e. The Morgan fingerprint density at radius 1 is 1.24 bits per heavy atom. The second kappa shape index (κ2) is 5.04. The smallest absolute Gasteiger partial charge is 0.306 e. The molecule has 1 amide bonds. The summed E-state index contributed by atoms with van der Waals surface area (Å²) >= 11 is 0. The van der Waals surface area contributed by atoms with Crippen molar-refractivity contribution in [2.45, 2.75) is 57.3 Å². The van der Waals surface area contributed by atoms with Gasteiger partial charge in [0.05, 0.1) is 12.0 Å². The van der Waals surface area contributed by atoms with Gasteiger partial charge in [0.1, 0.15) is 6.10 Å². The lowest BCUT2D eigenvalue weighted by Gasteiger charge is -2.16. The summed E-state index contributed by atoms with van der Waals surface area (Å²) < 4.78 is 5.48. The quantitative estimate of drug-likeness (QED) is 0.770. The van der Waals surface area contributed by atoms with Crippen molar-refractivity contribution in [2.24, 2.45) is 5.92 Å². The highest BCUT2D eigenvalue weighted by molar-refractivity contribution is 5.81. The van der Waals surface area contributed by atoms with Gasteiger partial charge in [0, 0.05) is 6.04 Å². The van der Waals surface area contributed by atoms with E-state index in [1.54, 1.807) is 0 Å². The van der Waals surface area contributed by atoms with E-state index in [9.17, 15) is 9.59 Å². The topological polar surface area (TPSA) is 75.6 Å². The van der Waals surface area contributed by atoms with E-state index in [4.69, 9.17) is 9.84 Å². The van der Waals surface area contributed by atoms with E-state index in [1.807, 2.05) is 6.92 Å². The Bertz CT molecular complexity index is 318. The van der Waals surface area contributed by atoms with Crippen LogP contribution >= 0.6 is 0 Å². The van der Waals surface area contributed by atoms with Crippen molar-refractivity contribution >= 4 is 11.9 Å². The first-order chi connectivity index (χ1) is 8.06. The predicted molar refractivity (Wildman–Crippen MR) is 60.5 cm³/mol. The van der Waals surface area contributed by atoms with Gasteiger partial charge in [0.25, 0.3) is 0 Å². The molecule has 96 valence electrons. The Hall–Kier alpha value is -1.10. The van der Waals surface area contributed by atoms with Crippen LogP contribution in [0.1, 0.15) is 39.0 Å². The lowest BCUT2D eigenvalue weighted by Crippen LogP contribution is -2.40. The third kappa shape index (κ3) is 2.97. The first-order valence-electron chi connectivity index (χ1n) is 6.25. The van der Waals surface area contributed by atoms with Crippen molar-refractivity contribution in [3.63, 3.8) is 0 Å². The molecule has 0 aromatic carbocycles. The van der Waals surface area contributed by atoms with Gasteiger partial charge in [0.15, 0.2) is 0 Å². The molecule has 4 atom stereocenters. The number of nitrogens with one attached hydrogen (secondary N) is 1. The van der Waals surface area contributed by atoms with Crippen molar-refractivity contribution < 1.29 is 19.4 Å². The summed E-state index contributed by atoms with van der Waals surface area (Å²) in [6, 6.07) is 0.00288. The van der Waals surface area contributed by atoms with Gasteiger partial charge in [-0.1, -0.05) is 0 Å². The molecule has 17 heavy (non-hydrogen) atoms. The molecular weight excluding hydrogens is 222 g/mol. The number of aliphatic carboxylic acids is 1. The summed E-state index contributed by atoms with van der Waals surface area (Å²) in [4.78, 5) is 22.6. The Morgan fingerprint density at radius 3 is 2.53 bits per heavy atom. The first-order valence-corrected chi connectivity index (χ1v) is 6.25. The van der Waals surface area contributed by atoms with Crippen molar-refractivity contribution in [3.8, 4) is 0 Å². The summed E-state index contributed by atoms with van der Waals surface area (Å²) in [6.07, 6.45) is 3.45. The van der Waals surface area contributed by atoms with Gasteiger partial charge < -0.3 is 15.2 Å². The third-order valence-electron chi connectivity index (χ3n) is 3.65. The monoisotopic (exact) mass is 241 g/mol. The SMILES string of the molecule is CC1CCC(C(=O)NC2CCC(C(=O)O)C2)O1. The lowest BCUT2D eigenvalue weighted by atomic mass is 10.1. The van der Waals surface area contributed by atoms with Crippen LogP contribution in [0.3, 0.4) is 0 Å². The van der Waals surface area contributed by atoms with E-state index >= 15 is 0 Å². The van der Waals surface area contributed by atoms with Crippen LogP contribution in [-0.2, 0) is 14.3 Å². The van der Waals surface area contributed by atoms with Crippen molar-refractivity contribution in [1.82, 2.24) is 5.32 Å². The molecule has 0 spiro atoms. The molecule has 1 saturated carbocycles. The first kappa shape index (κ1) is 12.4. The average molecular weight is 241 g/mol. The Kier molecular flexibility index (Phi) is 3.66. The fraction of sp³-hybridized carbons (Fsp3) is 0.833. The number of amides is 1. The fourth-order valence-corrected chi connectivity index (χ4v) is 2.63. The molecule has 0 aromatic heterocycles. The maximum absolute atomic E-state index is 11.8. The van der Waals surface area contributed by atoms with E-state index in [1.165, 1.54) is 0 Å². The molecule has 5 nitrogen and oxygen atoms in total. The van der Waals surface area contributed by atoms with Gasteiger partial charge in [-0.2, -0.15) is 0 Å². The number of rotatable bonds is 3. The minimum Gasteiger partial charge on any atom is -0.481 e. The Balaban J connectivity index is 1.78. The molecule has 2 rings (SSSR count). The van der Waals surface area contributed by atoms with Gasteiger partial charge in [-0.25, -0.2) is 0 Å². The summed E-state index contributed by atoms with van der Waals surface area (Å²) in [7, 11) is 0. The van der Waals surface area contributed by atoms with E-state index in [2.05, 4.69) is 5.32 Å². The van der Waals surface area contributed by atoms with E-state index < -0.39 is 5.97 Å². The van der Waals surface area contributed by atoms with Crippen molar-refractivity contribution in [1.29, 1.82) is 0 Å². The van der Waals surface area contributed by atoms with Crippen LogP contribution in [0.5, 0.6) is 0 Å². The van der Waals surface area contributed by atoms with Crippen LogP contribution in [0.25, 0.3) is 0 Å². The molecule has 0 aromatic rings. The van der Waals surface area contributed by atoms with E-state index in [-0.39, 0.29) is 30.1 Å². The maximum atomic E-state index is 11.8. The Morgan fingerprint density at radius 2 is 2.00 bits per heavy atom. The van der Waals surface area contributed by atoms with Gasteiger partial charge >= 0.3 is 5.97 Å². The summed E-state index contributed by atoms with van der Waals surface area (Å²) in [6.45, 7) is 1.96. The number of carbonyl (C=O) groups is 2. The van der Waals surface area contributed by atoms with Gasteiger partial charge in [0.2, 0.25) is 5.91 Å². The van der Waals surface area contributed by atoms with Crippen molar-refractivity contribution in [3.05, 3.63) is 0 Å². The molecule has 2 N–H and O–H groups in total. The van der Waals surface area contributed by atoms with Crippen molar-refractivity contribution in [2.75, 3.05) is 0 Å². The predicted octanol–water partition coefficient (Wildman–Crippen LogP) is 0.923. The molecule has 1 heterocycles. The van der Waals surface area contributed by atoms with Crippen LogP contribution in [0.2, 0.25) is 0 Å². The minimum atomic E-state index is -0.757. The van der Waals surface area contributed by atoms with E-state index in [0.29, 0.717) is 12.8 Å². The van der Waals surface area contributed by atoms with Gasteiger partial charge in [-0.05, 0) is 39.0 Å². The second-order valence-electron chi connectivity index (χ2n) is 5.07. The summed E-state index contributed by atoms with van der Waals surface area (Å²) in [5.74, 6) is -1.14. The van der Waals surface area contributed by atoms with Crippen LogP contribution in [0, 0.1) is 5.92 Å². The molecule has 0 bridgehead atoms. The number of carboxylic acids is 1. The van der Waals surface area contributed by atoms with Crippen LogP contribution in [0.4, 0.5) is 0 Å². The zero-order valence-corrected chi connectivity index (χ0v) is 10.0. The molecule has 2 aliphatic rings. The fourth-order valence-electron chi connectivity index (χ4n) is 2.63. The summed E-state index contributed by atoms with van der Waals surface area (Å²) in [5, 5.41) is 11.8. The number of hydrogen-bond donors (Lipinski definition) is 2. The molecule has 1 aliphatic heterocycles.